The Bertz CT molecular complexity index is 543. The SMILES string of the molecule is O=C(O)[C@@H](Nc1ccccc1)c1cccc(F)c1. The van der Waals surface area contributed by atoms with Crippen molar-refractivity contribution in [2.45, 2.75) is 6.04 Å². The van der Waals surface area contributed by atoms with Gasteiger partial charge in [0.15, 0.2) is 6.04 Å². The molecule has 0 aliphatic heterocycles. The molecule has 0 heterocycles. The first-order chi connectivity index (χ1) is 8.66. The van der Waals surface area contributed by atoms with Gasteiger partial charge in [-0.05, 0) is 29.8 Å². The molecule has 3 nitrogen and oxygen atoms in total. The van der Waals surface area contributed by atoms with Crippen LogP contribution in [0.25, 0.3) is 0 Å². The smallest absolute Gasteiger partial charge is 0.330 e. The van der Waals surface area contributed by atoms with Crippen LogP contribution in [0.4, 0.5) is 10.1 Å². The van der Waals surface area contributed by atoms with Gasteiger partial charge in [0, 0.05) is 5.69 Å². The molecule has 0 fully saturated rings. The first-order valence-corrected chi connectivity index (χ1v) is 5.46. The molecule has 0 saturated carbocycles. The van der Waals surface area contributed by atoms with E-state index in [4.69, 9.17) is 0 Å². The zero-order chi connectivity index (χ0) is 13.0. The lowest BCUT2D eigenvalue weighted by atomic mass is 10.1. The second-order valence-corrected chi connectivity index (χ2v) is 3.84. The second kappa shape index (κ2) is 5.31. The Hall–Kier alpha value is -2.36. The normalized spacial score (nSPS) is 11.8. The Balaban J connectivity index is 2.27. The third-order valence-corrected chi connectivity index (χ3v) is 2.51. The van der Waals surface area contributed by atoms with Crippen LogP contribution in [-0.4, -0.2) is 11.1 Å². The zero-order valence-corrected chi connectivity index (χ0v) is 9.51. The number of carbonyl (C=O) groups is 1. The lowest BCUT2D eigenvalue weighted by Crippen LogP contribution is -2.20. The number of anilines is 1. The maximum absolute atomic E-state index is 13.1. The molecule has 1 atom stereocenters. The maximum Gasteiger partial charge on any atom is 0.330 e. The van der Waals surface area contributed by atoms with E-state index in [2.05, 4.69) is 5.32 Å². The molecule has 2 aromatic rings. The van der Waals surface area contributed by atoms with Gasteiger partial charge in [-0.1, -0.05) is 30.3 Å². The maximum atomic E-state index is 13.1. The molecule has 92 valence electrons. The van der Waals surface area contributed by atoms with Crippen molar-refractivity contribution in [3.63, 3.8) is 0 Å². The van der Waals surface area contributed by atoms with Gasteiger partial charge in [-0.15, -0.1) is 0 Å². The van der Waals surface area contributed by atoms with E-state index in [-0.39, 0.29) is 0 Å². The van der Waals surface area contributed by atoms with Crippen LogP contribution in [0.5, 0.6) is 0 Å². The van der Waals surface area contributed by atoms with Gasteiger partial charge in [0.05, 0.1) is 0 Å². The predicted octanol–water partition coefficient (Wildman–Crippen LogP) is 3.06. The minimum atomic E-state index is -1.05. The van der Waals surface area contributed by atoms with Crippen LogP contribution in [0.1, 0.15) is 11.6 Å². The summed E-state index contributed by atoms with van der Waals surface area (Å²) in [6.45, 7) is 0. The fourth-order valence-corrected chi connectivity index (χ4v) is 1.67. The highest BCUT2D eigenvalue weighted by molar-refractivity contribution is 5.79. The van der Waals surface area contributed by atoms with E-state index >= 15 is 0 Å². The van der Waals surface area contributed by atoms with Crippen molar-refractivity contribution in [3.8, 4) is 0 Å². The summed E-state index contributed by atoms with van der Waals surface area (Å²) >= 11 is 0. The average molecular weight is 245 g/mol. The minimum Gasteiger partial charge on any atom is -0.479 e. The fourth-order valence-electron chi connectivity index (χ4n) is 1.67. The molecular weight excluding hydrogens is 233 g/mol. The van der Waals surface area contributed by atoms with Gasteiger partial charge >= 0.3 is 5.97 Å². The third-order valence-electron chi connectivity index (χ3n) is 2.51. The molecule has 0 amide bonds. The summed E-state index contributed by atoms with van der Waals surface area (Å²) in [6.07, 6.45) is 0. The summed E-state index contributed by atoms with van der Waals surface area (Å²) in [7, 11) is 0. The van der Waals surface area contributed by atoms with Crippen LogP contribution < -0.4 is 5.32 Å². The van der Waals surface area contributed by atoms with E-state index < -0.39 is 17.8 Å². The molecular formula is C14H12FNO2. The molecule has 0 aromatic heterocycles. The van der Waals surface area contributed by atoms with Gasteiger partial charge in [0.2, 0.25) is 0 Å². The van der Waals surface area contributed by atoms with Crippen LogP contribution in [0.2, 0.25) is 0 Å². The van der Waals surface area contributed by atoms with E-state index in [0.717, 1.165) is 0 Å². The van der Waals surface area contributed by atoms with Gasteiger partial charge in [-0.25, -0.2) is 9.18 Å². The molecule has 0 bridgehead atoms. The monoisotopic (exact) mass is 245 g/mol. The summed E-state index contributed by atoms with van der Waals surface area (Å²) in [5, 5.41) is 12.0. The van der Waals surface area contributed by atoms with Gasteiger partial charge < -0.3 is 10.4 Å². The molecule has 2 N–H and O–H groups in total. The summed E-state index contributed by atoms with van der Waals surface area (Å²) < 4.78 is 13.1. The average Bonchev–Trinajstić information content (AvgIpc) is 2.37. The van der Waals surface area contributed by atoms with Crippen LogP contribution >= 0.6 is 0 Å². The number of nitrogens with one attached hydrogen (secondary N) is 1. The van der Waals surface area contributed by atoms with E-state index in [1.54, 1.807) is 30.3 Å². The summed E-state index contributed by atoms with van der Waals surface area (Å²) in [4.78, 5) is 11.2. The standard InChI is InChI=1S/C14H12FNO2/c15-11-6-4-5-10(9-11)13(14(17)18)16-12-7-2-1-3-8-12/h1-9,13,16H,(H,17,18)/t13-/m0/s1. The van der Waals surface area contributed by atoms with E-state index in [0.29, 0.717) is 11.3 Å². The van der Waals surface area contributed by atoms with Crippen LogP contribution in [0, 0.1) is 5.82 Å². The largest absolute Gasteiger partial charge is 0.479 e. The molecule has 0 aliphatic rings. The highest BCUT2D eigenvalue weighted by Gasteiger charge is 2.19. The van der Waals surface area contributed by atoms with Crippen molar-refractivity contribution >= 4 is 11.7 Å². The van der Waals surface area contributed by atoms with Gasteiger partial charge in [-0.2, -0.15) is 0 Å². The van der Waals surface area contributed by atoms with E-state index in [1.165, 1.54) is 18.2 Å². The van der Waals surface area contributed by atoms with Crippen molar-refractivity contribution < 1.29 is 14.3 Å². The van der Waals surface area contributed by atoms with Crippen LogP contribution in [0.15, 0.2) is 54.6 Å². The summed E-state index contributed by atoms with van der Waals surface area (Å²) in [6, 6.07) is 13.6. The van der Waals surface area contributed by atoms with Gasteiger partial charge in [-0.3, -0.25) is 0 Å². The first-order valence-electron chi connectivity index (χ1n) is 5.46. The molecule has 18 heavy (non-hydrogen) atoms. The highest BCUT2D eigenvalue weighted by Crippen LogP contribution is 2.20. The van der Waals surface area contributed by atoms with Crippen LogP contribution in [-0.2, 0) is 4.79 Å². The number of carboxylic acid groups (broad SMARTS) is 1. The van der Waals surface area contributed by atoms with Crippen molar-refractivity contribution in [3.05, 3.63) is 66.0 Å². The quantitative estimate of drug-likeness (QED) is 0.870. The molecule has 2 aromatic carbocycles. The Labute approximate surface area is 104 Å². The Morgan fingerprint density at radius 2 is 1.83 bits per heavy atom. The molecule has 4 heteroatoms. The molecule has 2 rings (SSSR count). The number of para-hydroxylation sites is 1. The lowest BCUT2D eigenvalue weighted by Gasteiger charge is -2.16. The Kier molecular flexibility index (Phi) is 3.57. The highest BCUT2D eigenvalue weighted by atomic mass is 19.1. The van der Waals surface area contributed by atoms with Gasteiger partial charge in [0.1, 0.15) is 5.82 Å². The third kappa shape index (κ3) is 2.85. The number of aliphatic carboxylic acids is 1. The second-order valence-electron chi connectivity index (χ2n) is 3.84. The molecule has 0 saturated heterocycles. The first kappa shape index (κ1) is 12.1. The number of hydrogen-bond acceptors (Lipinski definition) is 2. The number of carboxylic acids is 1. The molecule has 0 aliphatic carbocycles. The topological polar surface area (TPSA) is 49.3 Å². The fraction of sp³-hybridized carbons (Fsp3) is 0.0714. The molecule has 0 spiro atoms. The van der Waals surface area contributed by atoms with E-state index in [1.807, 2.05) is 6.07 Å². The predicted molar refractivity (Wildman–Crippen MR) is 66.8 cm³/mol. The number of rotatable bonds is 4. The Morgan fingerprint density at radius 3 is 2.44 bits per heavy atom. The number of hydrogen-bond donors (Lipinski definition) is 2. The van der Waals surface area contributed by atoms with Crippen molar-refractivity contribution in [2.24, 2.45) is 0 Å². The minimum absolute atomic E-state index is 0.381. The van der Waals surface area contributed by atoms with Crippen molar-refractivity contribution in [1.82, 2.24) is 0 Å². The molecule has 0 radical (unpaired) electrons. The van der Waals surface area contributed by atoms with Crippen molar-refractivity contribution in [2.75, 3.05) is 5.32 Å². The zero-order valence-electron chi connectivity index (χ0n) is 9.51. The van der Waals surface area contributed by atoms with Crippen molar-refractivity contribution in [1.29, 1.82) is 0 Å². The van der Waals surface area contributed by atoms with Crippen LogP contribution in [0.3, 0.4) is 0 Å². The molecule has 0 unspecified atom stereocenters. The number of halogens is 1. The summed E-state index contributed by atoms with van der Waals surface area (Å²) in [5.41, 5.74) is 1.06. The summed E-state index contributed by atoms with van der Waals surface area (Å²) in [5.74, 6) is -1.50. The lowest BCUT2D eigenvalue weighted by molar-refractivity contribution is -0.138. The Morgan fingerprint density at radius 1 is 1.11 bits per heavy atom. The van der Waals surface area contributed by atoms with Gasteiger partial charge in [0.25, 0.3) is 0 Å². The number of benzene rings is 2. The van der Waals surface area contributed by atoms with E-state index in [9.17, 15) is 14.3 Å².